The molecule has 3 nitrogen and oxygen atoms in total. The molecule has 3 heteroatoms. The molecular weight excluding hydrogens is 272 g/mol. The van der Waals surface area contributed by atoms with Crippen LogP contribution in [0.5, 0.6) is 0 Å². The van der Waals surface area contributed by atoms with E-state index in [1.807, 2.05) is 31.2 Å². The zero-order chi connectivity index (χ0) is 16.0. The molecule has 0 atom stereocenters. The Hall–Kier alpha value is -1.64. The summed E-state index contributed by atoms with van der Waals surface area (Å²) in [5, 5.41) is 4.03. The lowest BCUT2D eigenvalue weighted by atomic mass is 10.1. The van der Waals surface area contributed by atoms with Gasteiger partial charge in [-0.3, -0.25) is 4.79 Å². The van der Waals surface area contributed by atoms with E-state index in [0.29, 0.717) is 6.42 Å². The van der Waals surface area contributed by atoms with Crippen molar-refractivity contribution in [3.8, 4) is 0 Å². The maximum Gasteiger partial charge on any atom is 0.240 e. The lowest BCUT2D eigenvalue weighted by molar-refractivity contribution is -0.121. The summed E-state index contributed by atoms with van der Waals surface area (Å²) in [4.78, 5) is 11.7. The normalized spacial score (nSPS) is 11.0. The average molecular weight is 302 g/mol. The third-order valence-electron chi connectivity index (χ3n) is 3.84. The van der Waals surface area contributed by atoms with Gasteiger partial charge in [-0.05, 0) is 24.5 Å². The van der Waals surface area contributed by atoms with Gasteiger partial charge in [0.1, 0.15) is 0 Å². The van der Waals surface area contributed by atoms with Gasteiger partial charge in [0, 0.05) is 6.42 Å². The molecule has 0 heterocycles. The van der Waals surface area contributed by atoms with Crippen LogP contribution < -0.4 is 5.43 Å². The zero-order valence-electron chi connectivity index (χ0n) is 14.1. The Kier molecular flexibility index (Phi) is 10.0. The SMILES string of the molecule is CCCCCCCCCCC(=O)NN=Cc1ccccc1C. The summed E-state index contributed by atoms with van der Waals surface area (Å²) in [5.41, 5.74) is 4.80. The molecule has 0 aliphatic carbocycles. The topological polar surface area (TPSA) is 41.5 Å². The molecule has 22 heavy (non-hydrogen) atoms. The molecule has 1 aromatic carbocycles. The van der Waals surface area contributed by atoms with Gasteiger partial charge in [-0.15, -0.1) is 0 Å². The highest BCUT2D eigenvalue weighted by Crippen LogP contribution is 2.09. The molecule has 0 unspecified atom stereocenters. The molecule has 0 bridgehead atoms. The molecule has 122 valence electrons. The molecule has 0 spiro atoms. The van der Waals surface area contributed by atoms with Crippen LogP contribution in [0.4, 0.5) is 0 Å². The van der Waals surface area contributed by atoms with Crippen molar-refractivity contribution in [1.29, 1.82) is 0 Å². The number of benzene rings is 1. The Labute approximate surface area is 135 Å². The maximum atomic E-state index is 11.7. The predicted molar refractivity (Wildman–Crippen MR) is 94.1 cm³/mol. The van der Waals surface area contributed by atoms with Crippen LogP contribution in [0.3, 0.4) is 0 Å². The van der Waals surface area contributed by atoms with Crippen molar-refractivity contribution in [1.82, 2.24) is 5.43 Å². The van der Waals surface area contributed by atoms with Crippen LogP contribution in [0, 0.1) is 6.92 Å². The minimum atomic E-state index is 0.0100. The van der Waals surface area contributed by atoms with Gasteiger partial charge in [0.05, 0.1) is 6.21 Å². The molecule has 0 saturated carbocycles. The molecule has 0 radical (unpaired) electrons. The smallest absolute Gasteiger partial charge is 0.240 e. The summed E-state index contributed by atoms with van der Waals surface area (Å²) in [6, 6.07) is 7.98. The van der Waals surface area contributed by atoms with Crippen molar-refractivity contribution in [2.75, 3.05) is 0 Å². The van der Waals surface area contributed by atoms with Gasteiger partial charge in [-0.1, -0.05) is 76.1 Å². The summed E-state index contributed by atoms with van der Waals surface area (Å²) in [5.74, 6) is 0.0100. The minimum absolute atomic E-state index is 0.0100. The van der Waals surface area contributed by atoms with Crippen molar-refractivity contribution >= 4 is 12.1 Å². The van der Waals surface area contributed by atoms with Crippen LogP contribution in [0.1, 0.15) is 75.8 Å². The largest absolute Gasteiger partial charge is 0.273 e. The van der Waals surface area contributed by atoms with Gasteiger partial charge in [0.25, 0.3) is 0 Å². The van der Waals surface area contributed by atoms with E-state index >= 15 is 0 Å². The van der Waals surface area contributed by atoms with Crippen molar-refractivity contribution in [2.24, 2.45) is 5.10 Å². The third kappa shape index (κ3) is 8.60. The number of hydrazone groups is 1. The summed E-state index contributed by atoms with van der Waals surface area (Å²) in [6.07, 6.45) is 12.2. The van der Waals surface area contributed by atoms with Crippen molar-refractivity contribution in [2.45, 2.75) is 71.6 Å². The minimum Gasteiger partial charge on any atom is -0.273 e. The monoisotopic (exact) mass is 302 g/mol. The van der Waals surface area contributed by atoms with Crippen LogP contribution in [-0.4, -0.2) is 12.1 Å². The van der Waals surface area contributed by atoms with Crippen LogP contribution in [0.2, 0.25) is 0 Å². The molecule has 0 aliphatic rings. The number of carbonyl (C=O) groups is 1. The number of carbonyl (C=O) groups excluding carboxylic acids is 1. The van der Waals surface area contributed by atoms with Crippen molar-refractivity contribution in [3.63, 3.8) is 0 Å². The van der Waals surface area contributed by atoms with Gasteiger partial charge < -0.3 is 0 Å². The number of aryl methyl sites for hydroxylation is 1. The molecule has 1 aromatic rings. The summed E-state index contributed by atoms with van der Waals surface area (Å²) in [7, 11) is 0. The van der Waals surface area contributed by atoms with E-state index in [-0.39, 0.29) is 5.91 Å². The first-order chi connectivity index (χ1) is 10.7. The van der Waals surface area contributed by atoms with E-state index in [0.717, 1.165) is 24.0 Å². The molecule has 1 amide bonds. The van der Waals surface area contributed by atoms with Gasteiger partial charge in [-0.2, -0.15) is 5.10 Å². The Morgan fingerprint density at radius 3 is 2.36 bits per heavy atom. The number of nitrogens with zero attached hydrogens (tertiary/aromatic N) is 1. The van der Waals surface area contributed by atoms with E-state index in [4.69, 9.17) is 0 Å². The Bertz CT molecular complexity index is 455. The number of nitrogens with one attached hydrogen (secondary N) is 1. The number of hydrogen-bond donors (Lipinski definition) is 1. The van der Waals surface area contributed by atoms with Crippen molar-refractivity contribution in [3.05, 3.63) is 35.4 Å². The third-order valence-corrected chi connectivity index (χ3v) is 3.84. The van der Waals surface area contributed by atoms with E-state index in [2.05, 4.69) is 17.5 Å². The first kappa shape index (κ1) is 18.4. The molecule has 1 rings (SSSR count). The van der Waals surface area contributed by atoms with E-state index < -0.39 is 0 Å². The van der Waals surface area contributed by atoms with E-state index in [9.17, 15) is 4.79 Å². The molecular formula is C19H30N2O. The number of rotatable bonds is 11. The van der Waals surface area contributed by atoms with Gasteiger partial charge >= 0.3 is 0 Å². The van der Waals surface area contributed by atoms with Crippen LogP contribution in [0.25, 0.3) is 0 Å². The fourth-order valence-corrected chi connectivity index (χ4v) is 2.38. The number of unbranched alkanes of at least 4 members (excludes halogenated alkanes) is 7. The molecule has 0 aromatic heterocycles. The summed E-state index contributed by atoms with van der Waals surface area (Å²) < 4.78 is 0. The van der Waals surface area contributed by atoms with Gasteiger partial charge in [0.2, 0.25) is 5.91 Å². The van der Waals surface area contributed by atoms with E-state index in [1.165, 1.54) is 38.5 Å². The molecule has 1 N–H and O–H groups in total. The summed E-state index contributed by atoms with van der Waals surface area (Å²) in [6.45, 7) is 4.27. The van der Waals surface area contributed by atoms with Crippen LogP contribution in [0.15, 0.2) is 29.4 Å². The fraction of sp³-hybridized carbons (Fsp3) is 0.579. The van der Waals surface area contributed by atoms with E-state index in [1.54, 1.807) is 6.21 Å². The highest BCUT2D eigenvalue weighted by molar-refractivity contribution is 5.83. The molecule has 0 aliphatic heterocycles. The first-order valence-corrected chi connectivity index (χ1v) is 8.61. The second kappa shape index (κ2) is 12.0. The first-order valence-electron chi connectivity index (χ1n) is 8.61. The Balaban J connectivity index is 2.05. The quantitative estimate of drug-likeness (QED) is 0.350. The predicted octanol–water partition coefficient (Wildman–Crippen LogP) is 4.98. The van der Waals surface area contributed by atoms with Crippen molar-refractivity contribution < 1.29 is 4.79 Å². The Morgan fingerprint density at radius 1 is 1.05 bits per heavy atom. The zero-order valence-corrected chi connectivity index (χ0v) is 14.1. The summed E-state index contributed by atoms with van der Waals surface area (Å²) >= 11 is 0. The number of amides is 1. The average Bonchev–Trinajstić information content (AvgIpc) is 2.52. The second-order valence-electron chi connectivity index (χ2n) is 5.87. The van der Waals surface area contributed by atoms with Gasteiger partial charge in [0.15, 0.2) is 0 Å². The molecule has 0 saturated heterocycles. The second-order valence-corrected chi connectivity index (χ2v) is 5.87. The lowest BCUT2D eigenvalue weighted by Crippen LogP contribution is -2.16. The van der Waals surface area contributed by atoms with Crippen LogP contribution in [-0.2, 0) is 4.79 Å². The van der Waals surface area contributed by atoms with Crippen LogP contribution >= 0.6 is 0 Å². The maximum absolute atomic E-state index is 11.7. The fourth-order valence-electron chi connectivity index (χ4n) is 2.38. The Morgan fingerprint density at radius 2 is 1.68 bits per heavy atom. The highest BCUT2D eigenvalue weighted by atomic mass is 16.2. The highest BCUT2D eigenvalue weighted by Gasteiger charge is 1.99. The standard InChI is InChI=1S/C19H30N2O/c1-3-4-5-6-7-8-9-10-15-19(22)21-20-16-18-14-12-11-13-17(18)2/h11-14,16H,3-10,15H2,1-2H3,(H,21,22). The number of hydrogen-bond acceptors (Lipinski definition) is 2. The lowest BCUT2D eigenvalue weighted by Gasteiger charge is -2.02. The molecule has 0 fully saturated rings. The van der Waals surface area contributed by atoms with Gasteiger partial charge in [-0.25, -0.2) is 5.43 Å².